The predicted octanol–water partition coefficient (Wildman–Crippen LogP) is 5.79. The number of anilines is 1. The normalized spacial score (nSPS) is 16.6. The van der Waals surface area contributed by atoms with E-state index in [2.05, 4.69) is 21.2 Å². The maximum Gasteiger partial charge on any atom is 0.225 e. The fourth-order valence-electron chi connectivity index (χ4n) is 3.10. The first-order chi connectivity index (χ1) is 11.6. The zero-order valence-corrected chi connectivity index (χ0v) is 15.0. The standard InChI is InChI=1S/C19H13BrFNOS/c20-12-5-3-4-11(8-12)14-9-17(23)22-18-15(10-24-19(14)18)13-6-1-2-7-16(13)21/h1-8,10,14H,9H2,(H,22,23)/t14-/m0/s1. The number of hydrogen-bond donors (Lipinski definition) is 1. The van der Waals surface area contributed by atoms with Gasteiger partial charge >= 0.3 is 0 Å². The van der Waals surface area contributed by atoms with E-state index in [1.165, 1.54) is 6.07 Å². The number of amides is 1. The third kappa shape index (κ3) is 2.68. The number of rotatable bonds is 2. The minimum Gasteiger partial charge on any atom is -0.325 e. The minimum absolute atomic E-state index is 0.00299. The van der Waals surface area contributed by atoms with Gasteiger partial charge in [0.2, 0.25) is 5.91 Å². The van der Waals surface area contributed by atoms with Crippen LogP contribution in [0, 0.1) is 5.82 Å². The van der Waals surface area contributed by atoms with E-state index in [-0.39, 0.29) is 17.6 Å². The van der Waals surface area contributed by atoms with Gasteiger partial charge in [0.1, 0.15) is 5.82 Å². The van der Waals surface area contributed by atoms with E-state index in [0.717, 1.165) is 26.2 Å². The van der Waals surface area contributed by atoms with Crippen molar-refractivity contribution in [3.63, 3.8) is 0 Å². The molecule has 2 nitrogen and oxygen atoms in total. The molecule has 0 aliphatic carbocycles. The summed E-state index contributed by atoms with van der Waals surface area (Å²) in [4.78, 5) is 13.3. The van der Waals surface area contributed by atoms with Crippen molar-refractivity contribution < 1.29 is 9.18 Å². The van der Waals surface area contributed by atoms with E-state index in [0.29, 0.717) is 12.0 Å². The highest BCUT2D eigenvalue weighted by atomic mass is 79.9. The molecule has 0 saturated carbocycles. The number of hydrogen-bond acceptors (Lipinski definition) is 2. The summed E-state index contributed by atoms with van der Waals surface area (Å²) in [7, 11) is 0. The van der Waals surface area contributed by atoms with Crippen molar-refractivity contribution in [1.29, 1.82) is 0 Å². The van der Waals surface area contributed by atoms with E-state index in [1.807, 2.05) is 29.6 Å². The molecule has 120 valence electrons. The van der Waals surface area contributed by atoms with Gasteiger partial charge in [-0.2, -0.15) is 0 Å². The second-order valence-corrected chi connectivity index (χ2v) is 7.56. The Bertz CT molecular complexity index is 937. The van der Waals surface area contributed by atoms with Crippen LogP contribution in [0.2, 0.25) is 0 Å². The summed E-state index contributed by atoms with van der Waals surface area (Å²) in [5.74, 6) is -0.322. The van der Waals surface area contributed by atoms with Crippen molar-refractivity contribution in [3.05, 3.63) is 74.6 Å². The average molecular weight is 402 g/mol. The van der Waals surface area contributed by atoms with E-state index < -0.39 is 0 Å². The lowest BCUT2D eigenvalue weighted by atomic mass is 9.89. The smallest absolute Gasteiger partial charge is 0.225 e. The number of carbonyl (C=O) groups excluding carboxylic acids is 1. The molecule has 0 fully saturated rings. The predicted molar refractivity (Wildman–Crippen MR) is 98.9 cm³/mol. The summed E-state index contributed by atoms with van der Waals surface area (Å²) in [5.41, 5.74) is 3.10. The highest BCUT2D eigenvalue weighted by molar-refractivity contribution is 9.10. The Labute approximate surface area is 151 Å². The van der Waals surface area contributed by atoms with Crippen LogP contribution in [0.1, 0.15) is 22.8 Å². The molecule has 4 rings (SSSR count). The highest BCUT2D eigenvalue weighted by Crippen LogP contribution is 2.47. The van der Waals surface area contributed by atoms with Crippen LogP contribution < -0.4 is 5.32 Å². The van der Waals surface area contributed by atoms with Gasteiger partial charge in [-0.15, -0.1) is 11.3 Å². The quantitative estimate of drug-likeness (QED) is 0.578. The fourth-order valence-corrected chi connectivity index (χ4v) is 4.67. The number of nitrogens with one attached hydrogen (secondary N) is 1. The zero-order valence-electron chi connectivity index (χ0n) is 12.6. The van der Waals surface area contributed by atoms with E-state index in [9.17, 15) is 9.18 Å². The summed E-state index contributed by atoms with van der Waals surface area (Å²) >= 11 is 5.06. The topological polar surface area (TPSA) is 29.1 Å². The van der Waals surface area contributed by atoms with Crippen LogP contribution in [0.15, 0.2) is 58.4 Å². The third-order valence-corrected chi connectivity index (χ3v) is 5.79. The van der Waals surface area contributed by atoms with E-state index in [4.69, 9.17) is 0 Å². The van der Waals surface area contributed by atoms with Gasteiger partial charge in [0.05, 0.1) is 5.69 Å². The molecule has 1 aliphatic heterocycles. The van der Waals surface area contributed by atoms with Crippen LogP contribution in [-0.2, 0) is 4.79 Å². The van der Waals surface area contributed by atoms with Gasteiger partial charge in [0, 0.05) is 38.2 Å². The summed E-state index contributed by atoms with van der Waals surface area (Å²) in [5, 5.41) is 4.87. The number of thiophene rings is 1. The van der Waals surface area contributed by atoms with Gasteiger partial charge in [0.25, 0.3) is 0 Å². The molecule has 2 heterocycles. The van der Waals surface area contributed by atoms with Crippen LogP contribution in [0.4, 0.5) is 10.1 Å². The van der Waals surface area contributed by atoms with Crippen LogP contribution in [0.25, 0.3) is 11.1 Å². The first-order valence-corrected chi connectivity index (χ1v) is 9.22. The number of benzene rings is 2. The Morgan fingerprint density at radius 3 is 2.75 bits per heavy atom. The number of fused-ring (bicyclic) bond motifs is 1. The molecule has 1 aromatic heterocycles. The molecule has 1 amide bonds. The lowest BCUT2D eigenvalue weighted by Crippen LogP contribution is -2.22. The molecule has 0 saturated heterocycles. The second kappa shape index (κ2) is 6.15. The van der Waals surface area contributed by atoms with Crippen LogP contribution >= 0.6 is 27.3 Å². The molecular weight excluding hydrogens is 389 g/mol. The summed E-state index contributed by atoms with van der Waals surface area (Å²) in [6.45, 7) is 0. The third-order valence-electron chi connectivity index (χ3n) is 4.20. The molecule has 3 aromatic rings. The van der Waals surface area contributed by atoms with Gasteiger partial charge in [-0.25, -0.2) is 4.39 Å². The second-order valence-electron chi connectivity index (χ2n) is 5.73. The molecule has 24 heavy (non-hydrogen) atoms. The molecule has 1 N–H and O–H groups in total. The SMILES string of the molecule is O=C1C[C@@H](c2cccc(Br)c2)c2scc(-c3ccccc3F)c2N1. The van der Waals surface area contributed by atoms with E-state index >= 15 is 0 Å². The van der Waals surface area contributed by atoms with Crippen molar-refractivity contribution >= 4 is 38.9 Å². The monoisotopic (exact) mass is 401 g/mol. The molecule has 1 aliphatic rings. The first kappa shape index (κ1) is 15.5. The van der Waals surface area contributed by atoms with Gasteiger partial charge < -0.3 is 5.32 Å². The molecule has 0 radical (unpaired) electrons. The summed E-state index contributed by atoms with van der Waals surface area (Å²) < 4.78 is 15.2. The Balaban J connectivity index is 1.85. The number of halogens is 2. The van der Waals surface area contributed by atoms with Crippen LogP contribution in [0.5, 0.6) is 0 Å². The fraction of sp³-hybridized carbons (Fsp3) is 0.105. The maximum atomic E-state index is 14.2. The molecular formula is C19H13BrFNOS. The van der Waals surface area contributed by atoms with Crippen molar-refractivity contribution in [2.75, 3.05) is 5.32 Å². The average Bonchev–Trinajstić information content (AvgIpc) is 2.98. The Morgan fingerprint density at radius 1 is 1.12 bits per heavy atom. The summed E-state index contributed by atoms with van der Waals surface area (Å²) in [6, 6.07) is 14.7. The van der Waals surface area contributed by atoms with Crippen molar-refractivity contribution in [1.82, 2.24) is 0 Å². The van der Waals surface area contributed by atoms with E-state index in [1.54, 1.807) is 29.5 Å². The van der Waals surface area contributed by atoms with Crippen molar-refractivity contribution in [3.8, 4) is 11.1 Å². The van der Waals surface area contributed by atoms with Gasteiger partial charge in [0.15, 0.2) is 0 Å². The van der Waals surface area contributed by atoms with Crippen molar-refractivity contribution in [2.45, 2.75) is 12.3 Å². The largest absolute Gasteiger partial charge is 0.325 e. The Kier molecular flexibility index (Phi) is 3.98. The molecule has 0 spiro atoms. The van der Waals surface area contributed by atoms with Crippen LogP contribution in [0.3, 0.4) is 0 Å². The zero-order chi connectivity index (χ0) is 16.7. The molecule has 5 heteroatoms. The first-order valence-electron chi connectivity index (χ1n) is 7.55. The number of carbonyl (C=O) groups is 1. The molecule has 0 unspecified atom stereocenters. The lowest BCUT2D eigenvalue weighted by molar-refractivity contribution is -0.116. The molecule has 2 aromatic carbocycles. The van der Waals surface area contributed by atoms with Gasteiger partial charge in [-0.3, -0.25) is 4.79 Å². The minimum atomic E-state index is -0.281. The lowest BCUT2D eigenvalue weighted by Gasteiger charge is -2.24. The maximum absolute atomic E-state index is 14.2. The Hall–Kier alpha value is -1.98. The van der Waals surface area contributed by atoms with Gasteiger partial charge in [-0.1, -0.05) is 46.3 Å². The molecule has 1 atom stereocenters. The van der Waals surface area contributed by atoms with Crippen LogP contribution in [-0.4, -0.2) is 5.91 Å². The highest BCUT2D eigenvalue weighted by Gasteiger charge is 2.30. The Morgan fingerprint density at radius 2 is 1.96 bits per heavy atom. The molecule has 0 bridgehead atoms. The summed E-state index contributed by atoms with van der Waals surface area (Å²) in [6.07, 6.45) is 0.403. The van der Waals surface area contributed by atoms with Gasteiger partial charge in [-0.05, 0) is 23.8 Å². The van der Waals surface area contributed by atoms with Crippen molar-refractivity contribution in [2.24, 2.45) is 0 Å².